The third kappa shape index (κ3) is 7.77. The van der Waals surface area contributed by atoms with Crippen LogP contribution in [0.15, 0.2) is 58.7 Å². The summed E-state index contributed by atoms with van der Waals surface area (Å²) in [5.74, 6) is 0. The highest BCUT2D eigenvalue weighted by Gasteiger charge is 1.95. The maximum Gasteiger partial charge on any atom is 0.0568 e. The Bertz CT molecular complexity index is 605. The van der Waals surface area contributed by atoms with Crippen LogP contribution in [0.5, 0.6) is 0 Å². The fourth-order valence-corrected chi connectivity index (χ4v) is 2.90. The van der Waals surface area contributed by atoms with Crippen LogP contribution >= 0.6 is 0 Å². The van der Waals surface area contributed by atoms with E-state index in [2.05, 4.69) is 72.6 Å². The van der Waals surface area contributed by atoms with Gasteiger partial charge in [0.25, 0.3) is 0 Å². The maximum absolute atomic E-state index is 4.17. The third-order valence-electron chi connectivity index (χ3n) is 4.58. The molecule has 0 aromatic heterocycles. The number of nitrogens with zero attached hydrogens (tertiary/aromatic N) is 2. The highest BCUT2D eigenvalue weighted by molar-refractivity contribution is 5.82. The second kappa shape index (κ2) is 12.2. The summed E-state index contributed by atoms with van der Waals surface area (Å²) in [6.45, 7) is 4.48. The average Bonchev–Trinajstić information content (AvgIpc) is 2.68. The van der Waals surface area contributed by atoms with Crippen molar-refractivity contribution in [2.75, 3.05) is 0 Å². The van der Waals surface area contributed by atoms with Crippen molar-refractivity contribution in [3.05, 3.63) is 70.8 Å². The first-order valence-corrected chi connectivity index (χ1v) is 10.1. The molecule has 0 N–H and O–H groups in total. The lowest BCUT2D eigenvalue weighted by atomic mass is 10.1. The first-order valence-electron chi connectivity index (χ1n) is 10.1. The van der Waals surface area contributed by atoms with Gasteiger partial charge in [-0.3, -0.25) is 0 Å². The van der Waals surface area contributed by atoms with Crippen molar-refractivity contribution < 1.29 is 0 Å². The summed E-state index contributed by atoms with van der Waals surface area (Å²) in [7, 11) is 0. The molecule has 2 rings (SSSR count). The molecule has 0 aliphatic carbocycles. The van der Waals surface area contributed by atoms with E-state index in [1.807, 2.05) is 12.4 Å². The van der Waals surface area contributed by atoms with Gasteiger partial charge in [-0.15, -0.1) is 0 Å². The summed E-state index contributed by atoms with van der Waals surface area (Å²) in [6.07, 6.45) is 13.6. The van der Waals surface area contributed by atoms with E-state index in [4.69, 9.17) is 0 Å². The van der Waals surface area contributed by atoms with Crippen LogP contribution in [-0.4, -0.2) is 12.4 Å². The van der Waals surface area contributed by atoms with Crippen LogP contribution in [0.3, 0.4) is 0 Å². The number of benzene rings is 2. The van der Waals surface area contributed by atoms with Crippen LogP contribution in [0, 0.1) is 0 Å². The minimum absolute atomic E-state index is 1.09. The Kier molecular flexibility index (Phi) is 9.42. The van der Waals surface area contributed by atoms with Crippen LogP contribution in [-0.2, 0) is 12.8 Å². The van der Waals surface area contributed by atoms with Gasteiger partial charge < -0.3 is 0 Å². The van der Waals surface area contributed by atoms with E-state index in [1.54, 1.807) is 0 Å². The summed E-state index contributed by atoms with van der Waals surface area (Å²) in [6, 6.07) is 17.2. The molecule has 26 heavy (non-hydrogen) atoms. The van der Waals surface area contributed by atoms with Crippen molar-refractivity contribution >= 4 is 12.4 Å². The highest BCUT2D eigenvalue weighted by atomic mass is 15.2. The van der Waals surface area contributed by atoms with Gasteiger partial charge in [0.1, 0.15) is 0 Å². The van der Waals surface area contributed by atoms with Crippen molar-refractivity contribution in [2.45, 2.75) is 65.2 Å². The monoisotopic (exact) mass is 348 g/mol. The van der Waals surface area contributed by atoms with Gasteiger partial charge in [0.2, 0.25) is 0 Å². The zero-order valence-electron chi connectivity index (χ0n) is 16.3. The zero-order chi connectivity index (χ0) is 18.5. The van der Waals surface area contributed by atoms with E-state index in [9.17, 15) is 0 Å². The first kappa shape index (κ1) is 20.1. The average molecular weight is 349 g/mol. The molecule has 0 heterocycles. The minimum atomic E-state index is 1.09. The Morgan fingerprint density at radius 3 is 1.31 bits per heavy atom. The van der Waals surface area contributed by atoms with Crippen LogP contribution in [0.1, 0.15) is 74.6 Å². The van der Waals surface area contributed by atoms with Crippen molar-refractivity contribution in [1.82, 2.24) is 0 Å². The molecule has 0 saturated heterocycles. The Morgan fingerprint density at radius 2 is 0.962 bits per heavy atom. The first-order chi connectivity index (χ1) is 12.8. The molecule has 0 amide bonds. The van der Waals surface area contributed by atoms with E-state index in [0.717, 1.165) is 24.0 Å². The molecule has 0 spiro atoms. The van der Waals surface area contributed by atoms with Gasteiger partial charge in [-0.2, -0.15) is 10.2 Å². The SMILES string of the molecule is CCCCCc1ccc(C=NN=Cc2ccc(CCCCC)cc2)cc1. The van der Waals surface area contributed by atoms with Crippen molar-refractivity contribution in [3.8, 4) is 0 Å². The topological polar surface area (TPSA) is 24.7 Å². The molecule has 138 valence electrons. The van der Waals surface area contributed by atoms with Crippen LogP contribution in [0.4, 0.5) is 0 Å². The normalized spacial score (nSPS) is 11.6. The third-order valence-corrected chi connectivity index (χ3v) is 4.58. The minimum Gasteiger partial charge on any atom is -0.159 e. The smallest absolute Gasteiger partial charge is 0.0568 e. The number of hydrogen-bond acceptors (Lipinski definition) is 2. The number of unbranched alkanes of at least 4 members (excludes halogenated alkanes) is 4. The van der Waals surface area contributed by atoms with E-state index in [0.29, 0.717) is 0 Å². The van der Waals surface area contributed by atoms with Gasteiger partial charge in [0.15, 0.2) is 0 Å². The predicted octanol–water partition coefficient (Wildman–Crippen LogP) is 6.61. The van der Waals surface area contributed by atoms with Gasteiger partial charge in [0.05, 0.1) is 12.4 Å². The fraction of sp³-hybridized carbons (Fsp3) is 0.417. The summed E-state index contributed by atoms with van der Waals surface area (Å²) in [5.41, 5.74) is 4.98. The van der Waals surface area contributed by atoms with Gasteiger partial charge in [-0.05, 0) is 47.9 Å². The lowest BCUT2D eigenvalue weighted by Gasteiger charge is -2.01. The summed E-state index contributed by atoms with van der Waals surface area (Å²) in [4.78, 5) is 0. The lowest BCUT2D eigenvalue weighted by molar-refractivity contribution is 0.717. The van der Waals surface area contributed by atoms with Crippen LogP contribution < -0.4 is 0 Å². The van der Waals surface area contributed by atoms with E-state index in [1.165, 1.54) is 49.7 Å². The van der Waals surface area contributed by atoms with Gasteiger partial charge in [0, 0.05) is 0 Å². The summed E-state index contributed by atoms with van der Waals surface area (Å²) in [5, 5.41) is 8.34. The van der Waals surface area contributed by atoms with Crippen LogP contribution in [0.25, 0.3) is 0 Å². The van der Waals surface area contributed by atoms with Crippen molar-refractivity contribution in [2.24, 2.45) is 10.2 Å². The Labute approximate surface area is 159 Å². The summed E-state index contributed by atoms with van der Waals surface area (Å²) < 4.78 is 0. The quantitative estimate of drug-likeness (QED) is 0.248. The van der Waals surface area contributed by atoms with Crippen molar-refractivity contribution in [1.29, 1.82) is 0 Å². The van der Waals surface area contributed by atoms with Crippen LogP contribution in [0.2, 0.25) is 0 Å². The fourth-order valence-electron chi connectivity index (χ4n) is 2.90. The van der Waals surface area contributed by atoms with Gasteiger partial charge >= 0.3 is 0 Å². The molecule has 2 aromatic rings. The number of hydrogen-bond donors (Lipinski definition) is 0. The molecule has 0 atom stereocenters. The molecular formula is C24H32N2. The molecule has 2 aromatic carbocycles. The van der Waals surface area contributed by atoms with Gasteiger partial charge in [-0.1, -0.05) is 88.1 Å². The van der Waals surface area contributed by atoms with E-state index in [-0.39, 0.29) is 0 Å². The second-order valence-electron chi connectivity index (χ2n) is 6.89. The second-order valence-corrected chi connectivity index (χ2v) is 6.89. The highest BCUT2D eigenvalue weighted by Crippen LogP contribution is 2.09. The molecular weight excluding hydrogens is 316 g/mol. The predicted molar refractivity (Wildman–Crippen MR) is 115 cm³/mol. The van der Waals surface area contributed by atoms with Gasteiger partial charge in [-0.25, -0.2) is 0 Å². The Morgan fingerprint density at radius 1 is 0.577 bits per heavy atom. The maximum atomic E-state index is 4.17. The number of aryl methyl sites for hydroxylation is 2. The largest absolute Gasteiger partial charge is 0.159 e. The molecule has 2 nitrogen and oxygen atoms in total. The molecule has 0 aliphatic heterocycles. The molecule has 0 unspecified atom stereocenters. The molecule has 2 heteroatoms. The number of rotatable bonds is 11. The molecule has 0 bridgehead atoms. The van der Waals surface area contributed by atoms with E-state index >= 15 is 0 Å². The molecule has 0 fully saturated rings. The zero-order valence-corrected chi connectivity index (χ0v) is 16.3. The van der Waals surface area contributed by atoms with E-state index < -0.39 is 0 Å². The molecule has 0 radical (unpaired) electrons. The standard InChI is InChI=1S/C24H32N2/c1-3-5-7-9-21-11-15-23(16-12-21)19-25-26-20-24-17-13-22(14-18-24)10-8-6-4-2/h11-20H,3-10H2,1-2H3. The Balaban J connectivity index is 1.79. The summed E-state index contributed by atoms with van der Waals surface area (Å²) >= 11 is 0. The molecule has 0 saturated carbocycles. The van der Waals surface area contributed by atoms with Crippen molar-refractivity contribution in [3.63, 3.8) is 0 Å². The molecule has 0 aliphatic rings. The Hall–Kier alpha value is -2.22. The lowest BCUT2D eigenvalue weighted by Crippen LogP contribution is -1.88.